The second kappa shape index (κ2) is 8.99. The summed E-state index contributed by atoms with van der Waals surface area (Å²) in [5, 5.41) is 5.59. The predicted molar refractivity (Wildman–Crippen MR) is 112 cm³/mol. The van der Waals surface area contributed by atoms with Crippen LogP contribution >= 0.6 is 22.9 Å². The number of carbonyl (C=O) groups excluding carboxylic acids is 2. The van der Waals surface area contributed by atoms with Crippen LogP contribution < -0.4 is 5.32 Å². The zero-order valence-electron chi connectivity index (χ0n) is 15.4. The molecule has 0 bridgehead atoms. The summed E-state index contributed by atoms with van der Waals surface area (Å²) in [7, 11) is 0. The number of halogens is 1. The van der Waals surface area contributed by atoms with Gasteiger partial charge in [-0.1, -0.05) is 42.8 Å². The lowest BCUT2D eigenvalue weighted by molar-refractivity contribution is -0.123. The Kier molecular flexibility index (Phi) is 6.44. The van der Waals surface area contributed by atoms with E-state index in [2.05, 4.69) is 17.2 Å². The van der Waals surface area contributed by atoms with Gasteiger partial charge in [0.25, 0.3) is 5.91 Å². The third-order valence-electron chi connectivity index (χ3n) is 4.07. The molecule has 7 heteroatoms. The fraction of sp³-hybridized carbons (Fsp3) is 0.190. The molecule has 2 aromatic carbocycles. The molecule has 1 atom stereocenters. The van der Waals surface area contributed by atoms with Crippen LogP contribution in [0, 0.1) is 0 Å². The molecule has 5 nitrogen and oxygen atoms in total. The summed E-state index contributed by atoms with van der Waals surface area (Å²) in [5.41, 5.74) is 2.81. The maximum absolute atomic E-state index is 12.3. The molecule has 1 amide bonds. The van der Waals surface area contributed by atoms with E-state index in [0.717, 1.165) is 12.0 Å². The van der Waals surface area contributed by atoms with Crippen LogP contribution in [0.15, 0.2) is 53.9 Å². The number of rotatable bonds is 6. The van der Waals surface area contributed by atoms with Crippen molar-refractivity contribution in [3.63, 3.8) is 0 Å². The predicted octanol–water partition coefficient (Wildman–Crippen LogP) is 5.21. The van der Waals surface area contributed by atoms with E-state index in [9.17, 15) is 9.59 Å². The largest absolute Gasteiger partial charge is 0.448 e. The molecule has 0 saturated carbocycles. The molecule has 28 heavy (non-hydrogen) atoms. The van der Waals surface area contributed by atoms with Crippen LogP contribution in [0.3, 0.4) is 0 Å². The number of amides is 1. The Morgan fingerprint density at radius 3 is 2.64 bits per heavy atom. The maximum atomic E-state index is 12.3. The van der Waals surface area contributed by atoms with Crippen molar-refractivity contribution in [1.82, 2.24) is 4.98 Å². The summed E-state index contributed by atoms with van der Waals surface area (Å²) in [6, 6.07) is 14.7. The summed E-state index contributed by atoms with van der Waals surface area (Å²) in [6.07, 6.45) is -0.0257. The quantitative estimate of drug-likeness (QED) is 0.562. The number of nitrogens with one attached hydrogen (secondary N) is 1. The number of carbonyl (C=O) groups is 2. The lowest BCUT2D eigenvalue weighted by Crippen LogP contribution is -2.30. The van der Waals surface area contributed by atoms with E-state index in [1.807, 2.05) is 36.4 Å². The number of hydrogen-bond donors (Lipinski definition) is 1. The summed E-state index contributed by atoms with van der Waals surface area (Å²) in [6.45, 7) is 3.59. The standard InChI is InChI=1S/C21H19ClN2O3S/c1-3-14-7-9-17(10-8-14)23-19(25)13(2)27-21(26)18-12-28-20(24-18)15-5-4-6-16(22)11-15/h4-13H,3H2,1-2H3,(H,23,25). The zero-order valence-corrected chi connectivity index (χ0v) is 17.0. The molecule has 1 heterocycles. The highest BCUT2D eigenvalue weighted by atomic mass is 35.5. The molecule has 1 aromatic heterocycles. The molecule has 0 saturated heterocycles. The summed E-state index contributed by atoms with van der Waals surface area (Å²) in [4.78, 5) is 28.9. The molecule has 3 aromatic rings. The van der Waals surface area contributed by atoms with Crippen molar-refractivity contribution in [3.05, 3.63) is 70.2 Å². The van der Waals surface area contributed by atoms with E-state index in [0.29, 0.717) is 15.7 Å². The minimum atomic E-state index is -0.949. The van der Waals surface area contributed by atoms with Crippen LogP contribution in [0.25, 0.3) is 10.6 Å². The third kappa shape index (κ3) is 4.97. The second-order valence-electron chi connectivity index (χ2n) is 6.14. The van der Waals surface area contributed by atoms with Crippen molar-refractivity contribution in [1.29, 1.82) is 0 Å². The monoisotopic (exact) mass is 414 g/mol. The molecular weight excluding hydrogens is 396 g/mol. The van der Waals surface area contributed by atoms with Crippen molar-refractivity contribution in [2.75, 3.05) is 5.32 Å². The number of ether oxygens (including phenoxy) is 1. The molecule has 3 rings (SSSR count). The van der Waals surface area contributed by atoms with E-state index in [4.69, 9.17) is 16.3 Å². The average molecular weight is 415 g/mol. The Bertz CT molecular complexity index is 985. The van der Waals surface area contributed by atoms with Crippen LogP contribution in [0.2, 0.25) is 5.02 Å². The topological polar surface area (TPSA) is 68.3 Å². The number of aryl methyl sites for hydroxylation is 1. The Labute approximate surface area is 172 Å². The first-order valence-electron chi connectivity index (χ1n) is 8.78. The van der Waals surface area contributed by atoms with Gasteiger partial charge in [0.2, 0.25) is 0 Å². The fourth-order valence-electron chi connectivity index (χ4n) is 2.46. The number of hydrogen-bond acceptors (Lipinski definition) is 5. The van der Waals surface area contributed by atoms with Gasteiger partial charge in [-0.05, 0) is 43.2 Å². The number of benzene rings is 2. The summed E-state index contributed by atoms with van der Waals surface area (Å²) >= 11 is 7.30. The molecule has 0 spiro atoms. The number of thiazole rings is 1. The lowest BCUT2D eigenvalue weighted by atomic mass is 10.1. The van der Waals surface area contributed by atoms with E-state index in [1.54, 1.807) is 17.5 Å². The first kappa shape index (κ1) is 20.0. The van der Waals surface area contributed by atoms with Crippen LogP contribution in [-0.4, -0.2) is 23.0 Å². The van der Waals surface area contributed by atoms with Crippen LogP contribution in [-0.2, 0) is 16.0 Å². The minimum Gasteiger partial charge on any atom is -0.448 e. The van der Waals surface area contributed by atoms with Crippen molar-refractivity contribution >= 4 is 40.5 Å². The van der Waals surface area contributed by atoms with Crippen molar-refractivity contribution < 1.29 is 14.3 Å². The van der Waals surface area contributed by atoms with Gasteiger partial charge in [0.15, 0.2) is 11.8 Å². The third-order valence-corrected chi connectivity index (χ3v) is 5.19. The number of aromatic nitrogens is 1. The molecule has 0 aliphatic heterocycles. The number of anilines is 1. The van der Waals surface area contributed by atoms with Crippen LogP contribution in [0.5, 0.6) is 0 Å². The van der Waals surface area contributed by atoms with Crippen molar-refractivity contribution in [2.45, 2.75) is 26.4 Å². The first-order valence-corrected chi connectivity index (χ1v) is 10.0. The lowest BCUT2D eigenvalue weighted by Gasteiger charge is -2.13. The Balaban J connectivity index is 1.61. The van der Waals surface area contributed by atoms with Gasteiger partial charge in [-0.25, -0.2) is 9.78 Å². The molecule has 144 valence electrons. The molecule has 1 unspecified atom stereocenters. The first-order chi connectivity index (χ1) is 13.5. The average Bonchev–Trinajstić information content (AvgIpc) is 3.19. The van der Waals surface area contributed by atoms with Gasteiger partial charge in [-0.15, -0.1) is 11.3 Å². The normalized spacial score (nSPS) is 11.7. The molecule has 0 aliphatic carbocycles. The highest BCUT2D eigenvalue weighted by Crippen LogP contribution is 2.26. The minimum absolute atomic E-state index is 0.159. The Morgan fingerprint density at radius 2 is 1.96 bits per heavy atom. The van der Waals surface area contributed by atoms with Gasteiger partial charge in [-0.2, -0.15) is 0 Å². The van der Waals surface area contributed by atoms with Gasteiger partial charge < -0.3 is 10.1 Å². The summed E-state index contributed by atoms with van der Waals surface area (Å²) in [5.74, 6) is -1.04. The van der Waals surface area contributed by atoms with Crippen molar-refractivity contribution in [2.24, 2.45) is 0 Å². The molecular formula is C21H19ClN2O3S. The highest BCUT2D eigenvalue weighted by Gasteiger charge is 2.21. The fourth-order valence-corrected chi connectivity index (χ4v) is 3.44. The molecule has 0 aliphatic rings. The van der Waals surface area contributed by atoms with E-state index in [1.165, 1.54) is 23.8 Å². The second-order valence-corrected chi connectivity index (χ2v) is 7.43. The van der Waals surface area contributed by atoms with Gasteiger partial charge in [-0.3, -0.25) is 4.79 Å². The molecule has 0 radical (unpaired) electrons. The number of esters is 1. The van der Waals surface area contributed by atoms with E-state index >= 15 is 0 Å². The van der Waals surface area contributed by atoms with Gasteiger partial charge in [0, 0.05) is 21.7 Å². The highest BCUT2D eigenvalue weighted by molar-refractivity contribution is 7.13. The zero-order chi connectivity index (χ0) is 20.1. The van der Waals surface area contributed by atoms with Crippen LogP contribution in [0.1, 0.15) is 29.9 Å². The van der Waals surface area contributed by atoms with Crippen LogP contribution in [0.4, 0.5) is 5.69 Å². The van der Waals surface area contributed by atoms with Crippen molar-refractivity contribution in [3.8, 4) is 10.6 Å². The van der Waals surface area contributed by atoms with Gasteiger partial charge in [0.05, 0.1) is 0 Å². The van der Waals surface area contributed by atoms with E-state index < -0.39 is 18.0 Å². The molecule has 0 fully saturated rings. The summed E-state index contributed by atoms with van der Waals surface area (Å²) < 4.78 is 5.26. The SMILES string of the molecule is CCc1ccc(NC(=O)C(C)OC(=O)c2csc(-c3cccc(Cl)c3)n2)cc1. The van der Waals surface area contributed by atoms with E-state index in [-0.39, 0.29) is 5.69 Å². The number of nitrogens with zero attached hydrogens (tertiary/aromatic N) is 1. The smallest absolute Gasteiger partial charge is 0.358 e. The Hall–Kier alpha value is -2.70. The maximum Gasteiger partial charge on any atom is 0.358 e. The van der Waals surface area contributed by atoms with Gasteiger partial charge in [0.1, 0.15) is 5.01 Å². The Morgan fingerprint density at radius 1 is 1.21 bits per heavy atom. The molecule has 1 N–H and O–H groups in total. The van der Waals surface area contributed by atoms with Gasteiger partial charge >= 0.3 is 5.97 Å².